The zero-order valence-electron chi connectivity index (χ0n) is 13.0. The molecule has 25 heavy (non-hydrogen) atoms. The van der Waals surface area contributed by atoms with Gasteiger partial charge in [-0.25, -0.2) is 0 Å². The number of benzene rings is 2. The van der Waals surface area contributed by atoms with Gasteiger partial charge in [-0.05, 0) is 29.3 Å². The number of hydrogen-bond acceptors (Lipinski definition) is 3. The summed E-state index contributed by atoms with van der Waals surface area (Å²) in [5.41, 5.74) is 0.802. The number of anilines is 1. The second-order valence-corrected chi connectivity index (χ2v) is 5.69. The summed E-state index contributed by atoms with van der Waals surface area (Å²) < 4.78 is 43.0. The van der Waals surface area contributed by atoms with E-state index in [9.17, 15) is 22.8 Å². The molecule has 0 radical (unpaired) electrons. The van der Waals surface area contributed by atoms with Crippen LogP contribution < -0.4 is 5.32 Å². The van der Waals surface area contributed by atoms with Crippen LogP contribution in [-0.4, -0.2) is 11.9 Å². The molecule has 0 saturated heterocycles. The van der Waals surface area contributed by atoms with E-state index in [4.69, 9.17) is 4.74 Å². The number of fused-ring (bicyclic) bond motifs is 1. The molecule has 1 amide bonds. The Morgan fingerprint density at radius 3 is 2.64 bits per heavy atom. The average molecular weight is 349 g/mol. The van der Waals surface area contributed by atoms with Gasteiger partial charge < -0.3 is 10.1 Å². The van der Waals surface area contributed by atoms with Crippen molar-refractivity contribution in [3.05, 3.63) is 65.2 Å². The normalized spacial score (nSPS) is 16.3. The number of rotatable bonds is 4. The van der Waals surface area contributed by atoms with Crippen molar-refractivity contribution >= 4 is 17.6 Å². The minimum atomic E-state index is -4.45. The number of halogens is 3. The van der Waals surface area contributed by atoms with E-state index < -0.39 is 23.6 Å². The molecule has 0 fully saturated rings. The van der Waals surface area contributed by atoms with Crippen LogP contribution in [0.5, 0.6) is 0 Å². The molecule has 0 spiro atoms. The van der Waals surface area contributed by atoms with Gasteiger partial charge in [-0.3, -0.25) is 9.59 Å². The zero-order chi connectivity index (χ0) is 18.0. The van der Waals surface area contributed by atoms with E-state index in [0.717, 1.165) is 12.1 Å². The lowest BCUT2D eigenvalue weighted by Crippen LogP contribution is -2.17. The van der Waals surface area contributed by atoms with Crippen molar-refractivity contribution in [2.75, 3.05) is 5.32 Å². The molecule has 1 aliphatic heterocycles. The summed E-state index contributed by atoms with van der Waals surface area (Å²) in [7, 11) is 0. The molecule has 7 heteroatoms. The Balaban J connectivity index is 1.62. The maximum absolute atomic E-state index is 12.7. The first-order valence-electron chi connectivity index (χ1n) is 7.56. The number of ether oxygens (including phenoxy) is 1. The predicted octanol–water partition coefficient (Wildman–Crippen LogP) is 3.87. The molecule has 0 aromatic heterocycles. The van der Waals surface area contributed by atoms with Crippen LogP contribution in [0.4, 0.5) is 18.9 Å². The Labute approximate surface area is 141 Å². The van der Waals surface area contributed by atoms with Crippen LogP contribution in [0, 0.1) is 0 Å². The first-order valence-corrected chi connectivity index (χ1v) is 7.56. The molecule has 0 bridgehead atoms. The first kappa shape index (κ1) is 17.0. The SMILES string of the molecule is O=C(CC1C(=O)Nc2ccccc21)OCc1cccc(C(F)(F)F)c1. The van der Waals surface area contributed by atoms with Crippen molar-refractivity contribution in [1.82, 2.24) is 0 Å². The van der Waals surface area contributed by atoms with Crippen molar-refractivity contribution in [3.8, 4) is 0 Å². The lowest BCUT2D eigenvalue weighted by molar-refractivity contribution is -0.146. The molecule has 1 N–H and O–H groups in total. The highest BCUT2D eigenvalue weighted by molar-refractivity contribution is 6.04. The quantitative estimate of drug-likeness (QED) is 0.853. The molecule has 4 nitrogen and oxygen atoms in total. The van der Waals surface area contributed by atoms with Crippen LogP contribution >= 0.6 is 0 Å². The predicted molar refractivity (Wildman–Crippen MR) is 83.7 cm³/mol. The number of carbonyl (C=O) groups excluding carboxylic acids is 2. The number of para-hydroxylation sites is 1. The van der Waals surface area contributed by atoms with Crippen molar-refractivity contribution in [3.63, 3.8) is 0 Å². The summed E-state index contributed by atoms with van der Waals surface area (Å²) in [5, 5.41) is 2.68. The van der Waals surface area contributed by atoms with Crippen LogP contribution in [0.1, 0.15) is 29.0 Å². The van der Waals surface area contributed by atoms with Crippen LogP contribution in [0.2, 0.25) is 0 Å². The summed E-state index contributed by atoms with van der Waals surface area (Å²) in [4.78, 5) is 23.9. The number of carbonyl (C=O) groups is 2. The maximum Gasteiger partial charge on any atom is 0.416 e. The number of esters is 1. The molecule has 1 atom stereocenters. The standard InChI is InChI=1S/C18H14F3NO3/c19-18(20,21)12-5-3-4-11(8-12)10-25-16(23)9-14-13-6-1-2-7-15(13)22-17(14)24/h1-8,14H,9-10H2,(H,22,24). The minimum Gasteiger partial charge on any atom is -0.461 e. The Morgan fingerprint density at radius 2 is 1.88 bits per heavy atom. The lowest BCUT2D eigenvalue weighted by atomic mass is 9.97. The first-order chi connectivity index (χ1) is 11.8. The largest absolute Gasteiger partial charge is 0.461 e. The van der Waals surface area contributed by atoms with Gasteiger partial charge >= 0.3 is 12.1 Å². The van der Waals surface area contributed by atoms with Gasteiger partial charge in [0.25, 0.3) is 0 Å². The van der Waals surface area contributed by atoms with E-state index in [1.165, 1.54) is 12.1 Å². The highest BCUT2D eigenvalue weighted by Gasteiger charge is 2.33. The number of hydrogen-bond donors (Lipinski definition) is 1. The maximum atomic E-state index is 12.7. The van der Waals surface area contributed by atoms with Crippen LogP contribution in [-0.2, 0) is 27.1 Å². The van der Waals surface area contributed by atoms with E-state index in [2.05, 4.69) is 5.32 Å². The van der Waals surface area contributed by atoms with Crippen molar-refractivity contribution in [1.29, 1.82) is 0 Å². The fourth-order valence-corrected chi connectivity index (χ4v) is 2.71. The molecule has 3 rings (SSSR count). The average Bonchev–Trinajstić information content (AvgIpc) is 2.88. The van der Waals surface area contributed by atoms with Gasteiger partial charge in [0.05, 0.1) is 17.9 Å². The van der Waals surface area contributed by atoms with Gasteiger partial charge in [-0.15, -0.1) is 0 Å². The fraction of sp³-hybridized carbons (Fsp3) is 0.222. The highest BCUT2D eigenvalue weighted by Crippen LogP contribution is 2.34. The van der Waals surface area contributed by atoms with Gasteiger partial charge in [0.15, 0.2) is 0 Å². The van der Waals surface area contributed by atoms with Gasteiger partial charge in [0.1, 0.15) is 6.61 Å². The summed E-state index contributed by atoms with van der Waals surface area (Å²) >= 11 is 0. The smallest absolute Gasteiger partial charge is 0.416 e. The summed E-state index contributed by atoms with van der Waals surface area (Å²) in [5.74, 6) is -1.59. The molecule has 130 valence electrons. The number of alkyl halides is 3. The van der Waals surface area contributed by atoms with Crippen LogP contribution in [0.25, 0.3) is 0 Å². The third-order valence-electron chi connectivity index (χ3n) is 3.94. The molecule has 0 saturated carbocycles. The molecule has 2 aromatic carbocycles. The van der Waals surface area contributed by atoms with Crippen molar-refractivity contribution < 1.29 is 27.5 Å². The Kier molecular flexibility index (Phi) is 4.48. The fourth-order valence-electron chi connectivity index (χ4n) is 2.71. The summed E-state index contributed by atoms with van der Waals surface area (Å²) in [6.45, 7) is -0.279. The molecule has 0 aliphatic carbocycles. The van der Waals surface area contributed by atoms with E-state index in [0.29, 0.717) is 11.3 Å². The summed E-state index contributed by atoms with van der Waals surface area (Å²) in [6.07, 6.45) is -4.62. The van der Waals surface area contributed by atoms with Gasteiger partial charge in [-0.1, -0.05) is 30.3 Å². The Hall–Kier alpha value is -2.83. The second-order valence-electron chi connectivity index (χ2n) is 5.69. The van der Waals surface area contributed by atoms with Gasteiger partial charge in [-0.2, -0.15) is 13.2 Å². The Bertz CT molecular complexity index is 817. The molecular formula is C18H14F3NO3. The van der Waals surface area contributed by atoms with Crippen molar-refractivity contribution in [2.24, 2.45) is 0 Å². The number of amides is 1. The third-order valence-corrected chi connectivity index (χ3v) is 3.94. The van der Waals surface area contributed by atoms with Crippen LogP contribution in [0.3, 0.4) is 0 Å². The molecular weight excluding hydrogens is 335 g/mol. The van der Waals surface area contributed by atoms with Gasteiger partial charge in [0, 0.05) is 5.69 Å². The van der Waals surface area contributed by atoms with E-state index in [-0.39, 0.29) is 24.5 Å². The summed E-state index contributed by atoms with van der Waals surface area (Å²) in [6, 6.07) is 11.6. The van der Waals surface area contributed by atoms with E-state index in [1.807, 2.05) is 0 Å². The number of nitrogens with one attached hydrogen (secondary N) is 1. The van der Waals surface area contributed by atoms with Crippen LogP contribution in [0.15, 0.2) is 48.5 Å². The molecule has 1 heterocycles. The Morgan fingerprint density at radius 1 is 1.12 bits per heavy atom. The molecule has 1 aliphatic rings. The lowest BCUT2D eigenvalue weighted by Gasteiger charge is -2.11. The molecule has 1 unspecified atom stereocenters. The zero-order valence-corrected chi connectivity index (χ0v) is 13.0. The highest BCUT2D eigenvalue weighted by atomic mass is 19.4. The van der Waals surface area contributed by atoms with E-state index in [1.54, 1.807) is 24.3 Å². The molecule has 2 aromatic rings. The topological polar surface area (TPSA) is 55.4 Å². The van der Waals surface area contributed by atoms with E-state index >= 15 is 0 Å². The van der Waals surface area contributed by atoms with Gasteiger partial charge in [0.2, 0.25) is 5.91 Å². The monoisotopic (exact) mass is 349 g/mol. The minimum absolute atomic E-state index is 0.165. The third kappa shape index (κ3) is 3.81. The second kappa shape index (κ2) is 6.58. The van der Waals surface area contributed by atoms with Crippen molar-refractivity contribution in [2.45, 2.75) is 25.1 Å².